The van der Waals surface area contributed by atoms with Crippen LogP contribution in [-0.4, -0.2) is 5.78 Å². The van der Waals surface area contributed by atoms with Crippen LogP contribution in [0.3, 0.4) is 0 Å². The lowest BCUT2D eigenvalue weighted by molar-refractivity contribution is 0.0968. The minimum Gasteiger partial charge on any atom is -0.439 e. The van der Waals surface area contributed by atoms with E-state index in [1.54, 1.807) is 36.4 Å². The van der Waals surface area contributed by atoms with Crippen LogP contribution in [-0.2, 0) is 0 Å². The molecule has 2 heterocycles. The minimum atomic E-state index is -1.22. The predicted molar refractivity (Wildman–Crippen MR) is 111 cm³/mol. The van der Waals surface area contributed by atoms with Gasteiger partial charge in [0, 0.05) is 5.56 Å². The Morgan fingerprint density at radius 2 is 1.67 bits per heavy atom. The first kappa shape index (κ1) is 17.7. The molecular weight excluding hydrogens is 380 g/mol. The molecule has 0 aliphatic carbocycles. The quantitative estimate of drug-likeness (QED) is 0.407. The highest BCUT2D eigenvalue weighted by Gasteiger charge is 2.39. The maximum atomic E-state index is 13.7. The van der Waals surface area contributed by atoms with Crippen LogP contribution in [0.1, 0.15) is 21.8 Å². The average Bonchev–Trinajstić information content (AvgIpc) is 2.77. The highest BCUT2D eigenvalue weighted by molar-refractivity contribution is 6.13. The molecule has 4 aromatic rings. The molecule has 6 nitrogen and oxygen atoms in total. The molecule has 0 fully saturated rings. The van der Waals surface area contributed by atoms with Crippen LogP contribution in [0.15, 0.2) is 87.4 Å². The summed E-state index contributed by atoms with van der Waals surface area (Å²) < 4.78 is 11.1. The number of benzene rings is 3. The van der Waals surface area contributed by atoms with E-state index in [1.165, 1.54) is 0 Å². The summed E-state index contributed by atoms with van der Waals surface area (Å²) in [4.78, 5) is 26.6. The van der Waals surface area contributed by atoms with E-state index < -0.39 is 17.3 Å². The van der Waals surface area contributed by atoms with Gasteiger partial charge in [0.05, 0.1) is 16.9 Å². The summed E-state index contributed by atoms with van der Waals surface area (Å²) in [5, 5.41) is 11.8. The first-order chi connectivity index (χ1) is 14.6. The van der Waals surface area contributed by atoms with Gasteiger partial charge in [-0.1, -0.05) is 54.6 Å². The van der Waals surface area contributed by atoms with E-state index in [2.05, 4.69) is 0 Å². The summed E-state index contributed by atoms with van der Waals surface area (Å²) in [6.07, 6.45) is 0. The number of carbonyl (C=O) groups is 1. The van der Waals surface area contributed by atoms with Crippen molar-refractivity contribution in [2.45, 2.75) is 5.92 Å². The minimum absolute atomic E-state index is 0.0163. The number of fused-ring (bicyclic) bond motifs is 4. The third-order valence-electron chi connectivity index (χ3n) is 5.29. The molecule has 3 aromatic carbocycles. The molecule has 0 saturated carbocycles. The van der Waals surface area contributed by atoms with E-state index in [4.69, 9.17) is 14.9 Å². The number of ether oxygens (including phenoxy) is 1. The van der Waals surface area contributed by atoms with Crippen molar-refractivity contribution in [3.8, 4) is 11.8 Å². The second kappa shape index (κ2) is 6.61. The van der Waals surface area contributed by atoms with Crippen LogP contribution < -0.4 is 16.1 Å². The molecule has 1 atom stereocenters. The van der Waals surface area contributed by atoms with Crippen molar-refractivity contribution in [3.05, 3.63) is 99.7 Å². The normalized spacial score (nSPS) is 15.5. The predicted octanol–water partition coefficient (Wildman–Crippen LogP) is 4.00. The highest BCUT2D eigenvalue weighted by Crippen LogP contribution is 2.42. The topological polar surface area (TPSA) is 106 Å². The van der Waals surface area contributed by atoms with E-state index in [1.807, 2.05) is 36.4 Å². The number of rotatable bonds is 2. The second-order valence-corrected chi connectivity index (χ2v) is 6.94. The molecule has 0 bridgehead atoms. The van der Waals surface area contributed by atoms with Crippen LogP contribution in [0.2, 0.25) is 0 Å². The van der Waals surface area contributed by atoms with E-state index in [-0.39, 0.29) is 22.8 Å². The van der Waals surface area contributed by atoms with Gasteiger partial charge < -0.3 is 14.9 Å². The Bertz CT molecular complexity index is 1490. The molecule has 2 N–H and O–H groups in total. The lowest BCUT2D eigenvalue weighted by atomic mass is 9.82. The molecular formula is C24H14N2O4. The Kier molecular flexibility index (Phi) is 3.90. The number of ketones is 1. The van der Waals surface area contributed by atoms with Crippen LogP contribution in [0.5, 0.6) is 5.75 Å². The van der Waals surface area contributed by atoms with Gasteiger partial charge in [0.2, 0.25) is 5.88 Å². The zero-order valence-corrected chi connectivity index (χ0v) is 15.6. The van der Waals surface area contributed by atoms with Gasteiger partial charge in [-0.05, 0) is 22.9 Å². The Hall–Kier alpha value is -4.37. The van der Waals surface area contributed by atoms with E-state index in [9.17, 15) is 14.9 Å². The van der Waals surface area contributed by atoms with Crippen LogP contribution in [0.4, 0.5) is 0 Å². The van der Waals surface area contributed by atoms with E-state index in [0.717, 1.165) is 10.8 Å². The van der Waals surface area contributed by atoms with Gasteiger partial charge in [0.15, 0.2) is 11.5 Å². The number of hydrogen-bond acceptors (Lipinski definition) is 6. The fourth-order valence-electron chi connectivity index (χ4n) is 3.92. The summed E-state index contributed by atoms with van der Waals surface area (Å²) in [6, 6.07) is 21.5. The van der Waals surface area contributed by atoms with Crippen molar-refractivity contribution in [2.75, 3.05) is 0 Å². The Morgan fingerprint density at radius 1 is 0.967 bits per heavy atom. The maximum absolute atomic E-state index is 13.7. The lowest BCUT2D eigenvalue weighted by Gasteiger charge is -2.25. The van der Waals surface area contributed by atoms with E-state index >= 15 is 0 Å². The number of nitrogens with two attached hydrogens (primary N) is 1. The molecule has 30 heavy (non-hydrogen) atoms. The number of carbonyl (C=O) groups excluding carboxylic acids is 1. The first-order valence-corrected chi connectivity index (χ1v) is 9.25. The van der Waals surface area contributed by atoms with Gasteiger partial charge in [-0.25, -0.2) is 4.79 Å². The van der Waals surface area contributed by atoms with Crippen LogP contribution in [0.25, 0.3) is 21.7 Å². The average molecular weight is 394 g/mol. The Balaban J connectivity index is 1.81. The fraction of sp³-hybridized carbons (Fsp3) is 0.0417. The number of allylic oxidation sites excluding steroid dienone is 1. The summed E-state index contributed by atoms with van der Waals surface area (Å²) in [6.45, 7) is 0. The summed E-state index contributed by atoms with van der Waals surface area (Å²) in [5.74, 6) is -1.68. The van der Waals surface area contributed by atoms with Gasteiger partial charge in [-0.15, -0.1) is 0 Å². The zero-order valence-electron chi connectivity index (χ0n) is 15.6. The standard InChI is InChI=1S/C24H14N2O4/c25-12-17-19(21(27)15-10-5-7-13-6-1-2-8-14(13)15)20-22(30-23(17)26)16-9-3-4-11-18(16)29-24(20)28/h1-11,19H,26H2. The van der Waals surface area contributed by atoms with Gasteiger partial charge in [0.1, 0.15) is 17.2 Å². The SMILES string of the molecule is N#CC1=C(N)Oc2c(c(=O)oc3ccccc23)C1C(=O)c1cccc2ccccc12. The summed E-state index contributed by atoms with van der Waals surface area (Å²) >= 11 is 0. The van der Waals surface area contributed by atoms with Crippen molar-refractivity contribution >= 4 is 27.5 Å². The highest BCUT2D eigenvalue weighted by atomic mass is 16.5. The summed E-state index contributed by atoms with van der Waals surface area (Å²) in [5.41, 5.74) is 5.85. The number of nitriles is 1. The number of nitrogens with zero attached hydrogens (tertiary/aromatic N) is 1. The molecule has 0 spiro atoms. The van der Waals surface area contributed by atoms with Crippen molar-refractivity contribution in [3.63, 3.8) is 0 Å². The largest absolute Gasteiger partial charge is 0.439 e. The molecule has 1 aromatic heterocycles. The molecule has 1 unspecified atom stereocenters. The zero-order chi connectivity index (χ0) is 20.8. The molecule has 5 rings (SSSR count). The third-order valence-corrected chi connectivity index (χ3v) is 5.29. The summed E-state index contributed by atoms with van der Waals surface area (Å²) in [7, 11) is 0. The van der Waals surface area contributed by atoms with Gasteiger partial charge >= 0.3 is 5.63 Å². The number of Topliss-reactive ketones (excluding diaryl/α,β-unsaturated/α-hetero) is 1. The fourth-order valence-corrected chi connectivity index (χ4v) is 3.92. The molecule has 6 heteroatoms. The first-order valence-electron chi connectivity index (χ1n) is 9.25. The van der Waals surface area contributed by atoms with Crippen molar-refractivity contribution < 1.29 is 13.9 Å². The smallest absolute Gasteiger partial charge is 0.344 e. The third kappa shape index (κ3) is 2.50. The second-order valence-electron chi connectivity index (χ2n) is 6.94. The number of para-hydroxylation sites is 1. The number of hydrogen-bond donors (Lipinski definition) is 1. The van der Waals surface area contributed by atoms with Crippen LogP contribution in [0, 0.1) is 11.3 Å². The van der Waals surface area contributed by atoms with Crippen molar-refractivity contribution in [1.29, 1.82) is 5.26 Å². The van der Waals surface area contributed by atoms with Gasteiger partial charge in [-0.3, -0.25) is 4.79 Å². The lowest BCUT2D eigenvalue weighted by Crippen LogP contribution is -2.30. The molecule has 144 valence electrons. The maximum Gasteiger partial charge on any atom is 0.344 e. The van der Waals surface area contributed by atoms with Gasteiger partial charge in [0.25, 0.3) is 0 Å². The molecule has 0 amide bonds. The monoisotopic (exact) mass is 394 g/mol. The Morgan fingerprint density at radius 3 is 2.47 bits per heavy atom. The van der Waals surface area contributed by atoms with Crippen molar-refractivity contribution in [2.24, 2.45) is 5.73 Å². The Labute approximate surface area is 170 Å². The van der Waals surface area contributed by atoms with Crippen LogP contribution >= 0.6 is 0 Å². The van der Waals surface area contributed by atoms with Crippen molar-refractivity contribution in [1.82, 2.24) is 0 Å². The molecule has 1 aliphatic rings. The molecule has 0 radical (unpaired) electrons. The van der Waals surface area contributed by atoms with E-state index in [0.29, 0.717) is 16.5 Å². The molecule has 0 saturated heterocycles. The van der Waals surface area contributed by atoms with Gasteiger partial charge in [-0.2, -0.15) is 5.26 Å². The molecule has 1 aliphatic heterocycles.